The normalized spacial score (nSPS) is 22.2. The summed E-state index contributed by atoms with van der Waals surface area (Å²) in [4.78, 5) is 26.9. The monoisotopic (exact) mass is 731 g/mol. The summed E-state index contributed by atoms with van der Waals surface area (Å²) in [5.41, 5.74) is 1.92. The Bertz CT molecular complexity index is 2080. The molecule has 9 nitrogen and oxygen atoms in total. The van der Waals surface area contributed by atoms with E-state index in [-0.39, 0.29) is 94.5 Å². The minimum absolute atomic E-state index is 0.0124. The third-order valence-corrected chi connectivity index (χ3v) is 11.5. The van der Waals surface area contributed by atoms with Crippen LogP contribution in [0.15, 0.2) is 18.2 Å². The van der Waals surface area contributed by atoms with E-state index in [9.17, 15) is 18.8 Å². The van der Waals surface area contributed by atoms with Gasteiger partial charge in [0.2, 0.25) is 5.91 Å². The molecule has 0 radical (unpaired) electrons. The number of likely N-dealkylation sites (tertiary alicyclic amines) is 1. The van der Waals surface area contributed by atoms with Crippen LogP contribution in [-0.4, -0.2) is 82.8 Å². The standard InChI is InChI=1S/C35H35F6N7O2S/c1-3-25(49)46-11-8-19(16-46)48(4-2)32-21-12-23(35(39,40)41)27(20-6-7-24(37)30-26(20)22(14-42)31(43)51-30)28(38)29(21)44-33(45-32)50-17-34-9-5-10-47(34)15-18(36)13-34/h6-7,12,18-19H,3-5,8-11,13,15-17,43H2,1-2H3. The molecule has 0 aliphatic carbocycles. The van der Waals surface area contributed by atoms with E-state index in [1.165, 1.54) is 0 Å². The predicted octanol–water partition coefficient (Wildman–Crippen LogP) is 7.05. The Morgan fingerprint density at radius 1 is 1.22 bits per heavy atom. The molecule has 0 spiro atoms. The molecule has 3 aliphatic rings. The van der Waals surface area contributed by atoms with E-state index >= 15 is 17.6 Å². The first-order chi connectivity index (χ1) is 24.3. The van der Waals surface area contributed by atoms with Gasteiger partial charge in [-0.1, -0.05) is 13.0 Å². The zero-order chi connectivity index (χ0) is 36.4. The maximum atomic E-state index is 17.2. The fourth-order valence-corrected chi connectivity index (χ4v) is 9.09. The van der Waals surface area contributed by atoms with Crippen LogP contribution in [0, 0.1) is 23.0 Å². The number of likely N-dealkylation sites (N-methyl/N-ethyl adjacent to an activating group) is 1. The number of amides is 1. The van der Waals surface area contributed by atoms with Crippen LogP contribution in [0.3, 0.4) is 0 Å². The molecule has 51 heavy (non-hydrogen) atoms. The summed E-state index contributed by atoms with van der Waals surface area (Å²) < 4.78 is 97.7. The van der Waals surface area contributed by atoms with E-state index in [1.54, 1.807) is 23.6 Å². The van der Waals surface area contributed by atoms with Crippen LogP contribution in [0.5, 0.6) is 6.01 Å². The highest BCUT2D eigenvalue weighted by Crippen LogP contribution is 2.48. The van der Waals surface area contributed by atoms with Crippen LogP contribution in [0.4, 0.5) is 37.2 Å². The Labute approximate surface area is 293 Å². The van der Waals surface area contributed by atoms with Crippen LogP contribution in [0.2, 0.25) is 0 Å². The first-order valence-electron chi connectivity index (χ1n) is 16.9. The van der Waals surface area contributed by atoms with Crippen molar-refractivity contribution < 1.29 is 35.9 Å². The van der Waals surface area contributed by atoms with Gasteiger partial charge in [-0.05, 0) is 50.4 Å². The lowest BCUT2D eigenvalue weighted by Crippen LogP contribution is -2.43. The summed E-state index contributed by atoms with van der Waals surface area (Å²) in [6.45, 7) is 5.42. The van der Waals surface area contributed by atoms with E-state index in [2.05, 4.69) is 9.97 Å². The Morgan fingerprint density at radius 3 is 2.71 bits per heavy atom. The van der Waals surface area contributed by atoms with Crippen molar-refractivity contribution in [3.63, 3.8) is 0 Å². The van der Waals surface area contributed by atoms with Crippen LogP contribution in [0.1, 0.15) is 57.1 Å². The number of carbonyl (C=O) groups is 1. The molecule has 2 aromatic carbocycles. The lowest BCUT2D eigenvalue weighted by atomic mass is 9.92. The van der Waals surface area contributed by atoms with Gasteiger partial charge in [-0.2, -0.15) is 28.4 Å². The minimum Gasteiger partial charge on any atom is -0.461 e. The highest BCUT2D eigenvalue weighted by molar-refractivity contribution is 7.23. The second-order valence-corrected chi connectivity index (χ2v) is 14.4. The number of thiophene rings is 1. The van der Waals surface area contributed by atoms with Gasteiger partial charge in [-0.3, -0.25) is 9.69 Å². The Kier molecular flexibility index (Phi) is 8.94. The number of halogens is 6. The van der Waals surface area contributed by atoms with Gasteiger partial charge >= 0.3 is 12.2 Å². The number of nitriles is 1. The van der Waals surface area contributed by atoms with E-state index < -0.39 is 46.2 Å². The Hall–Kier alpha value is -4.36. The fourth-order valence-electron chi connectivity index (χ4n) is 8.14. The third-order valence-electron chi connectivity index (χ3n) is 10.5. The molecule has 3 unspecified atom stereocenters. The van der Waals surface area contributed by atoms with Crippen molar-refractivity contribution in [3.8, 4) is 23.2 Å². The SMILES string of the molecule is CCC(=O)N1CCC(N(CC)c2nc(OCC34CCCN3CC(F)C4)nc3c(F)c(-c4ccc(F)c5sc(N)c(C#N)c45)c(C(F)(F)F)cc23)C1. The summed E-state index contributed by atoms with van der Waals surface area (Å²) in [5, 5.41) is 9.24. The number of nitrogens with two attached hydrogens (primary N) is 1. The summed E-state index contributed by atoms with van der Waals surface area (Å²) in [6, 6.07) is 3.86. The van der Waals surface area contributed by atoms with Crippen molar-refractivity contribution in [2.75, 3.05) is 50.0 Å². The van der Waals surface area contributed by atoms with Crippen LogP contribution < -0.4 is 15.4 Å². The molecule has 7 rings (SSSR count). The lowest BCUT2D eigenvalue weighted by Gasteiger charge is -2.32. The number of anilines is 2. The van der Waals surface area contributed by atoms with E-state index in [1.807, 2.05) is 11.0 Å². The number of nitrogen functional groups attached to an aromatic ring is 1. The van der Waals surface area contributed by atoms with Gasteiger partial charge in [-0.25, -0.2) is 13.2 Å². The summed E-state index contributed by atoms with van der Waals surface area (Å²) in [6.07, 6.45) is -3.65. The fraction of sp³-hybridized carbons (Fsp3) is 0.486. The zero-order valence-electron chi connectivity index (χ0n) is 27.9. The molecule has 3 saturated heterocycles. The molecule has 16 heteroatoms. The molecule has 2 aromatic heterocycles. The van der Waals surface area contributed by atoms with Crippen LogP contribution in [0.25, 0.3) is 32.1 Å². The van der Waals surface area contributed by atoms with Crippen molar-refractivity contribution in [3.05, 3.63) is 41.0 Å². The molecule has 0 saturated carbocycles. The third kappa shape index (κ3) is 5.87. The van der Waals surface area contributed by atoms with Crippen molar-refractivity contribution in [1.82, 2.24) is 19.8 Å². The number of hydrogen-bond donors (Lipinski definition) is 1. The first kappa shape index (κ1) is 35.1. The highest BCUT2D eigenvalue weighted by atomic mass is 32.1. The van der Waals surface area contributed by atoms with Gasteiger partial charge in [0.15, 0.2) is 5.82 Å². The highest BCUT2D eigenvalue weighted by Gasteiger charge is 2.49. The summed E-state index contributed by atoms with van der Waals surface area (Å²) in [5.74, 6) is -2.28. The van der Waals surface area contributed by atoms with Crippen molar-refractivity contribution in [1.29, 1.82) is 5.26 Å². The number of alkyl halides is 4. The molecular formula is C35H35F6N7O2S. The molecule has 270 valence electrons. The average Bonchev–Trinajstić information content (AvgIpc) is 3.87. The van der Waals surface area contributed by atoms with E-state index in [4.69, 9.17) is 10.5 Å². The van der Waals surface area contributed by atoms with Gasteiger partial charge < -0.3 is 20.3 Å². The summed E-state index contributed by atoms with van der Waals surface area (Å²) in [7, 11) is 0. The number of fused-ring (bicyclic) bond motifs is 3. The second kappa shape index (κ2) is 13.0. The number of nitrogens with zero attached hydrogens (tertiary/aromatic N) is 6. The quantitative estimate of drug-likeness (QED) is 0.192. The van der Waals surface area contributed by atoms with Crippen molar-refractivity contribution in [2.24, 2.45) is 0 Å². The smallest absolute Gasteiger partial charge is 0.417 e. The Balaban J connectivity index is 1.45. The molecule has 3 fully saturated rings. The molecule has 1 amide bonds. The zero-order valence-corrected chi connectivity index (χ0v) is 28.7. The molecule has 3 atom stereocenters. The van der Waals surface area contributed by atoms with Gasteiger partial charge in [0.05, 0.1) is 21.4 Å². The number of rotatable bonds is 8. The Morgan fingerprint density at radius 2 is 2.00 bits per heavy atom. The first-order valence-corrected chi connectivity index (χ1v) is 17.7. The largest absolute Gasteiger partial charge is 0.461 e. The minimum atomic E-state index is -5.11. The number of hydrogen-bond acceptors (Lipinski definition) is 9. The molecule has 2 N–H and O–H groups in total. The van der Waals surface area contributed by atoms with Gasteiger partial charge in [0.1, 0.15) is 41.0 Å². The maximum absolute atomic E-state index is 17.2. The van der Waals surface area contributed by atoms with E-state index in [0.29, 0.717) is 37.3 Å². The number of ether oxygens (including phenoxy) is 1. The second-order valence-electron chi connectivity index (χ2n) is 13.4. The van der Waals surface area contributed by atoms with Crippen molar-refractivity contribution in [2.45, 2.75) is 69.9 Å². The average molecular weight is 732 g/mol. The van der Waals surface area contributed by atoms with Crippen LogP contribution in [-0.2, 0) is 11.0 Å². The maximum Gasteiger partial charge on any atom is 0.417 e. The molecule has 0 bridgehead atoms. The van der Waals surface area contributed by atoms with E-state index in [0.717, 1.165) is 24.6 Å². The predicted molar refractivity (Wildman–Crippen MR) is 181 cm³/mol. The lowest BCUT2D eigenvalue weighted by molar-refractivity contribution is -0.137. The van der Waals surface area contributed by atoms with Crippen molar-refractivity contribution >= 4 is 49.1 Å². The molecule has 4 aromatic rings. The van der Waals surface area contributed by atoms with Gasteiger partial charge in [0.25, 0.3) is 0 Å². The molecule has 5 heterocycles. The molecule has 3 aliphatic heterocycles. The summed E-state index contributed by atoms with van der Waals surface area (Å²) >= 11 is 0.683. The van der Waals surface area contributed by atoms with Gasteiger partial charge in [-0.15, -0.1) is 11.3 Å². The van der Waals surface area contributed by atoms with Crippen LogP contribution >= 0.6 is 11.3 Å². The molecular weight excluding hydrogens is 696 g/mol. The number of carbonyl (C=O) groups excluding carboxylic acids is 1. The topological polar surface area (TPSA) is 112 Å². The van der Waals surface area contributed by atoms with Gasteiger partial charge in [0, 0.05) is 61.4 Å². The number of benzene rings is 2. The number of aromatic nitrogens is 2.